The van der Waals surface area contributed by atoms with Gasteiger partial charge in [0.05, 0.1) is 18.2 Å². The monoisotopic (exact) mass is 398 g/mol. The number of hydrogen-bond acceptors (Lipinski definition) is 5. The summed E-state index contributed by atoms with van der Waals surface area (Å²) in [5.74, 6) is -0.229. The molecule has 6 nitrogen and oxygen atoms in total. The van der Waals surface area contributed by atoms with Gasteiger partial charge in [0.15, 0.2) is 5.75 Å². The number of carbonyl (C=O) groups is 2. The van der Waals surface area contributed by atoms with Gasteiger partial charge in [-0.1, -0.05) is 38.1 Å². The number of hydrogen-bond donors (Lipinski definition) is 2. The van der Waals surface area contributed by atoms with Crippen LogP contribution in [-0.2, 0) is 29.2 Å². The van der Waals surface area contributed by atoms with Crippen molar-refractivity contribution < 1.29 is 19.4 Å². The van der Waals surface area contributed by atoms with E-state index in [1.54, 1.807) is 13.8 Å². The molecule has 0 fully saturated rings. The van der Waals surface area contributed by atoms with E-state index in [1.807, 2.05) is 24.3 Å². The number of carbonyl (C=O) groups excluding carboxylic acids is 2. The van der Waals surface area contributed by atoms with Crippen molar-refractivity contribution in [2.24, 2.45) is 5.92 Å². The Kier molecular flexibility index (Phi) is 7.91. The maximum absolute atomic E-state index is 12.8. The molecule has 0 saturated heterocycles. The lowest BCUT2D eigenvalue weighted by atomic mass is 9.97. The Bertz CT molecular complexity index is 860. The highest BCUT2D eigenvalue weighted by Gasteiger charge is 2.22. The fraction of sp³-hybridized carbons (Fsp3) is 0.435. The molecule has 1 aromatic heterocycles. The smallest absolute Gasteiger partial charge is 0.318 e. The first-order valence-electron chi connectivity index (χ1n) is 9.86. The van der Waals surface area contributed by atoms with Crippen LogP contribution in [0.3, 0.4) is 0 Å². The normalized spacial score (nSPS) is 12.0. The van der Waals surface area contributed by atoms with Crippen molar-refractivity contribution in [3.05, 3.63) is 58.4 Å². The Labute approximate surface area is 172 Å². The highest BCUT2D eigenvalue weighted by atomic mass is 16.5. The van der Waals surface area contributed by atoms with Crippen LogP contribution >= 0.6 is 0 Å². The number of rotatable bonds is 8. The Hall–Kier alpha value is -2.73. The van der Waals surface area contributed by atoms with Gasteiger partial charge in [-0.15, -0.1) is 0 Å². The Morgan fingerprint density at radius 3 is 2.38 bits per heavy atom. The lowest BCUT2D eigenvalue weighted by Gasteiger charge is -2.18. The number of aromatic nitrogens is 1. The predicted octanol–water partition coefficient (Wildman–Crippen LogP) is 3.43. The van der Waals surface area contributed by atoms with Gasteiger partial charge in [-0.05, 0) is 37.3 Å². The molecule has 0 spiro atoms. The molecule has 2 aromatic rings. The van der Waals surface area contributed by atoms with E-state index in [2.05, 4.69) is 24.1 Å². The van der Waals surface area contributed by atoms with Crippen LogP contribution in [0.4, 0.5) is 0 Å². The number of benzene rings is 1. The molecule has 1 unspecified atom stereocenters. The number of nitrogens with one attached hydrogen (secondary N) is 1. The number of nitrogens with zero attached hydrogens (tertiary/aromatic N) is 1. The number of aliphatic hydroxyl groups is 1. The molecule has 0 aliphatic heterocycles. The van der Waals surface area contributed by atoms with Crippen LogP contribution in [-0.4, -0.2) is 22.0 Å². The van der Waals surface area contributed by atoms with E-state index in [9.17, 15) is 14.7 Å². The minimum absolute atomic E-state index is 0.148. The molecule has 0 saturated carbocycles. The van der Waals surface area contributed by atoms with Gasteiger partial charge in [-0.2, -0.15) is 0 Å². The van der Waals surface area contributed by atoms with Crippen LogP contribution in [0.5, 0.6) is 5.75 Å². The molecule has 0 bridgehead atoms. The van der Waals surface area contributed by atoms with Crippen molar-refractivity contribution in [3.8, 4) is 5.75 Å². The lowest BCUT2D eigenvalue weighted by Crippen LogP contribution is -2.23. The second-order valence-electron chi connectivity index (χ2n) is 7.73. The van der Waals surface area contributed by atoms with Gasteiger partial charge in [0, 0.05) is 30.8 Å². The molecular weight excluding hydrogens is 368 g/mol. The SMILES string of the molecule is CC(=O)NCc1c(CO)cnc(C)c1OC(=O)C(C)c1ccc(CC(C)C)cc1. The van der Waals surface area contributed by atoms with Gasteiger partial charge in [0.1, 0.15) is 0 Å². The van der Waals surface area contributed by atoms with Crippen molar-refractivity contribution in [2.75, 3.05) is 0 Å². The first-order chi connectivity index (χ1) is 13.7. The van der Waals surface area contributed by atoms with Crippen LogP contribution in [0.2, 0.25) is 0 Å². The summed E-state index contributed by atoms with van der Waals surface area (Å²) in [5, 5.41) is 12.3. The Morgan fingerprint density at radius 2 is 1.83 bits per heavy atom. The lowest BCUT2D eigenvalue weighted by molar-refractivity contribution is -0.135. The molecule has 0 radical (unpaired) electrons. The summed E-state index contributed by atoms with van der Waals surface area (Å²) in [6.45, 7) is 9.16. The number of esters is 1. The molecule has 0 aliphatic carbocycles. The maximum Gasteiger partial charge on any atom is 0.318 e. The van der Waals surface area contributed by atoms with Crippen molar-refractivity contribution in [1.82, 2.24) is 10.3 Å². The summed E-state index contributed by atoms with van der Waals surface area (Å²) < 4.78 is 5.70. The molecule has 2 N–H and O–H groups in total. The Balaban J connectivity index is 2.23. The second kappa shape index (κ2) is 10.2. The summed E-state index contributed by atoms with van der Waals surface area (Å²) in [6.07, 6.45) is 2.52. The number of aliphatic hydroxyl groups excluding tert-OH is 1. The summed E-state index contributed by atoms with van der Waals surface area (Å²) in [6, 6.07) is 8.00. The van der Waals surface area contributed by atoms with Crippen molar-refractivity contribution in [1.29, 1.82) is 0 Å². The molecule has 29 heavy (non-hydrogen) atoms. The molecule has 2 rings (SSSR count). The van der Waals surface area contributed by atoms with E-state index in [-0.39, 0.29) is 19.1 Å². The summed E-state index contributed by atoms with van der Waals surface area (Å²) in [4.78, 5) is 28.4. The molecule has 1 aromatic carbocycles. The van der Waals surface area contributed by atoms with E-state index in [4.69, 9.17) is 4.74 Å². The molecule has 6 heteroatoms. The van der Waals surface area contributed by atoms with E-state index < -0.39 is 11.9 Å². The number of ether oxygens (including phenoxy) is 1. The molecule has 1 heterocycles. The second-order valence-corrected chi connectivity index (χ2v) is 7.73. The first kappa shape index (κ1) is 22.6. The van der Waals surface area contributed by atoms with Gasteiger partial charge >= 0.3 is 5.97 Å². The van der Waals surface area contributed by atoms with Crippen LogP contribution < -0.4 is 10.1 Å². The largest absolute Gasteiger partial charge is 0.424 e. The van der Waals surface area contributed by atoms with Crippen molar-refractivity contribution in [3.63, 3.8) is 0 Å². The first-order valence-corrected chi connectivity index (χ1v) is 9.86. The minimum atomic E-state index is -0.464. The quantitative estimate of drug-likeness (QED) is 0.665. The van der Waals surface area contributed by atoms with E-state index in [1.165, 1.54) is 18.7 Å². The zero-order valence-corrected chi connectivity index (χ0v) is 17.8. The average Bonchev–Trinajstić information content (AvgIpc) is 2.67. The highest BCUT2D eigenvalue weighted by molar-refractivity contribution is 5.80. The zero-order valence-electron chi connectivity index (χ0n) is 17.8. The Morgan fingerprint density at radius 1 is 1.17 bits per heavy atom. The number of pyridine rings is 1. The van der Waals surface area contributed by atoms with Gasteiger partial charge in [0.2, 0.25) is 5.91 Å². The topological polar surface area (TPSA) is 88.5 Å². The third-order valence-corrected chi connectivity index (χ3v) is 4.77. The summed E-state index contributed by atoms with van der Waals surface area (Å²) in [7, 11) is 0. The average molecular weight is 399 g/mol. The standard InChI is InChI=1S/C23H30N2O4/c1-14(2)10-18-6-8-19(9-7-18)15(3)23(28)29-22-16(4)24-11-20(13-26)21(22)12-25-17(5)27/h6-9,11,14-15,26H,10,12-13H2,1-5H3,(H,25,27). The third kappa shape index (κ3) is 6.12. The molecule has 0 aliphatic rings. The fourth-order valence-corrected chi connectivity index (χ4v) is 3.09. The fourth-order valence-electron chi connectivity index (χ4n) is 3.09. The third-order valence-electron chi connectivity index (χ3n) is 4.77. The van der Waals surface area contributed by atoms with Crippen molar-refractivity contribution >= 4 is 11.9 Å². The van der Waals surface area contributed by atoms with E-state index >= 15 is 0 Å². The molecule has 1 atom stereocenters. The van der Waals surface area contributed by atoms with Crippen LogP contribution in [0, 0.1) is 12.8 Å². The van der Waals surface area contributed by atoms with Crippen LogP contribution in [0.15, 0.2) is 30.5 Å². The van der Waals surface area contributed by atoms with Crippen LogP contribution in [0.25, 0.3) is 0 Å². The van der Waals surface area contributed by atoms with Gasteiger partial charge in [0.25, 0.3) is 0 Å². The maximum atomic E-state index is 12.8. The predicted molar refractivity (Wildman–Crippen MR) is 111 cm³/mol. The minimum Gasteiger partial charge on any atom is -0.424 e. The summed E-state index contributed by atoms with van der Waals surface area (Å²) >= 11 is 0. The van der Waals surface area contributed by atoms with E-state index in [0.29, 0.717) is 28.5 Å². The number of amides is 1. The van der Waals surface area contributed by atoms with Crippen LogP contribution in [0.1, 0.15) is 61.6 Å². The van der Waals surface area contributed by atoms with Gasteiger partial charge < -0.3 is 15.2 Å². The number of aryl methyl sites for hydroxylation is 1. The highest BCUT2D eigenvalue weighted by Crippen LogP contribution is 2.28. The van der Waals surface area contributed by atoms with Gasteiger partial charge in [-0.3, -0.25) is 14.6 Å². The molecular formula is C23H30N2O4. The summed E-state index contributed by atoms with van der Waals surface area (Å²) in [5.41, 5.74) is 3.70. The van der Waals surface area contributed by atoms with E-state index in [0.717, 1.165) is 12.0 Å². The van der Waals surface area contributed by atoms with Crippen molar-refractivity contribution in [2.45, 2.75) is 60.1 Å². The molecule has 1 amide bonds. The molecule has 156 valence electrons. The zero-order chi connectivity index (χ0) is 21.6. The van der Waals surface area contributed by atoms with Gasteiger partial charge in [-0.25, -0.2) is 0 Å².